The number of hydrogen-bond acceptors (Lipinski definition) is 3. The molecular formula is C79H53N3O. The summed E-state index contributed by atoms with van der Waals surface area (Å²) in [6.45, 7) is 0. The van der Waals surface area contributed by atoms with Crippen molar-refractivity contribution < 1.29 is 11.3 Å². The Labute approximate surface area is 489 Å². The number of para-hydroxylation sites is 5. The Morgan fingerprint density at radius 2 is 0.940 bits per heavy atom. The number of rotatable bonds is 11. The van der Waals surface area contributed by atoms with E-state index in [1.807, 2.05) is 83.8 Å². The van der Waals surface area contributed by atoms with Crippen molar-refractivity contribution in [3.8, 4) is 39.1 Å². The maximum Gasteiger partial charge on any atom is 0.145 e. The average molecular weight is 1070 g/mol. The van der Waals surface area contributed by atoms with E-state index in [9.17, 15) is 5.48 Å². The quantitative estimate of drug-likeness (QED) is 0.129. The molecule has 0 spiro atoms. The molecule has 0 amide bonds. The van der Waals surface area contributed by atoms with Crippen LogP contribution in [-0.4, -0.2) is 4.57 Å². The van der Waals surface area contributed by atoms with Crippen LogP contribution in [-0.2, 0) is 5.41 Å². The van der Waals surface area contributed by atoms with Gasteiger partial charge in [-0.25, -0.2) is 0 Å². The van der Waals surface area contributed by atoms with Gasteiger partial charge in [-0.1, -0.05) is 230 Å². The zero-order valence-corrected chi connectivity index (χ0v) is 45.0. The van der Waals surface area contributed by atoms with Crippen LogP contribution in [0.3, 0.4) is 0 Å². The van der Waals surface area contributed by atoms with Gasteiger partial charge in [-0.15, -0.1) is 0 Å². The first-order chi connectivity index (χ1) is 43.3. The summed E-state index contributed by atoms with van der Waals surface area (Å²) in [5.41, 5.74) is 17.1. The van der Waals surface area contributed by atoms with Crippen LogP contribution in [0.15, 0.2) is 326 Å². The molecule has 83 heavy (non-hydrogen) atoms. The highest BCUT2D eigenvalue weighted by atomic mass is 16.3. The number of hydrogen-bond donors (Lipinski definition) is 0. The molecular weight excluding hydrogens is 1010 g/mol. The Kier molecular flexibility index (Phi) is 10.2. The Morgan fingerprint density at radius 3 is 1.66 bits per heavy atom. The van der Waals surface area contributed by atoms with Crippen LogP contribution in [0.25, 0.3) is 82.8 Å². The van der Waals surface area contributed by atoms with Gasteiger partial charge in [0.05, 0.1) is 34.4 Å². The summed E-state index contributed by atoms with van der Waals surface area (Å²) in [7, 11) is 0. The highest BCUT2D eigenvalue weighted by molar-refractivity contribution is 6.27. The van der Waals surface area contributed by atoms with Crippen LogP contribution in [0, 0.1) is 0 Å². The normalized spacial score (nSPS) is 13.3. The van der Waals surface area contributed by atoms with Crippen LogP contribution in [0.4, 0.5) is 34.1 Å². The third-order valence-corrected chi connectivity index (χ3v) is 16.7. The number of fused-ring (bicyclic) bond motifs is 10. The lowest BCUT2D eigenvalue weighted by molar-refractivity contribution is 0.670. The van der Waals surface area contributed by atoms with Crippen molar-refractivity contribution in [3.63, 3.8) is 0 Å². The van der Waals surface area contributed by atoms with E-state index >= 15 is 0 Å². The van der Waals surface area contributed by atoms with Gasteiger partial charge in [0.2, 0.25) is 0 Å². The molecule has 390 valence electrons. The van der Waals surface area contributed by atoms with E-state index in [0.29, 0.717) is 17.0 Å². The lowest BCUT2D eigenvalue weighted by atomic mass is 9.68. The van der Waals surface area contributed by atoms with Crippen molar-refractivity contribution in [2.45, 2.75) is 5.41 Å². The minimum Gasteiger partial charge on any atom is -0.455 e. The van der Waals surface area contributed by atoms with Gasteiger partial charge >= 0.3 is 0 Å². The lowest BCUT2D eigenvalue weighted by Gasteiger charge is -2.34. The summed E-state index contributed by atoms with van der Waals surface area (Å²) in [4.78, 5) is 4.16. The third-order valence-electron chi connectivity index (χ3n) is 16.7. The molecule has 1 aliphatic rings. The number of aromatic nitrogens is 1. The van der Waals surface area contributed by atoms with E-state index in [2.05, 4.69) is 222 Å². The smallest absolute Gasteiger partial charge is 0.145 e. The Morgan fingerprint density at radius 1 is 0.373 bits per heavy atom. The van der Waals surface area contributed by atoms with Gasteiger partial charge in [0.25, 0.3) is 0 Å². The van der Waals surface area contributed by atoms with Gasteiger partial charge in [0, 0.05) is 61.4 Å². The van der Waals surface area contributed by atoms with Gasteiger partial charge < -0.3 is 18.8 Å². The maximum absolute atomic E-state index is 10.0. The van der Waals surface area contributed by atoms with E-state index in [4.69, 9.17) is 5.79 Å². The lowest BCUT2D eigenvalue weighted by Crippen LogP contribution is -2.28. The highest BCUT2D eigenvalue weighted by Crippen LogP contribution is 2.60. The van der Waals surface area contributed by atoms with Crippen molar-refractivity contribution in [3.05, 3.63) is 344 Å². The third kappa shape index (κ3) is 7.68. The minimum atomic E-state index is -0.819. The summed E-state index contributed by atoms with van der Waals surface area (Å²) in [5, 5.41) is 4.00. The molecule has 2 aromatic heterocycles. The second kappa shape index (κ2) is 19.7. The molecule has 0 radical (unpaired) electrons. The van der Waals surface area contributed by atoms with E-state index in [1.165, 1.54) is 0 Å². The summed E-state index contributed by atoms with van der Waals surface area (Å²) in [6.07, 6.45) is 0. The molecule has 2 heterocycles. The highest BCUT2D eigenvalue weighted by Gasteiger charge is 2.47. The second-order valence-corrected chi connectivity index (χ2v) is 21.2. The van der Waals surface area contributed by atoms with E-state index in [1.54, 1.807) is 0 Å². The molecule has 0 atom stereocenters. The number of nitrogens with zero attached hydrogens (tertiary/aromatic N) is 3. The van der Waals surface area contributed by atoms with Gasteiger partial charge in [-0.05, 0) is 135 Å². The zero-order valence-electron chi connectivity index (χ0n) is 50.0. The molecule has 15 aromatic rings. The predicted octanol–water partition coefficient (Wildman–Crippen LogP) is 21.3. The van der Waals surface area contributed by atoms with E-state index < -0.39 is 23.5 Å². The van der Waals surface area contributed by atoms with Gasteiger partial charge in [0.15, 0.2) is 0 Å². The molecule has 0 fully saturated rings. The molecule has 0 bridgehead atoms. The van der Waals surface area contributed by atoms with Crippen LogP contribution >= 0.6 is 0 Å². The molecule has 0 unspecified atom stereocenters. The van der Waals surface area contributed by atoms with Crippen molar-refractivity contribution >= 4 is 77.9 Å². The fraction of sp³-hybridized carbons (Fsp3) is 0.0127. The fourth-order valence-electron chi connectivity index (χ4n) is 13.3. The average Bonchev–Trinajstić information content (AvgIpc) is 1.61. The number of furan rings is 1. The standard InChI is InChI=1S/C79H53N3O/c1-7-26-54(27-8-1)55-46-48-62(49-47-55)80(59-32-13-4-14-33-59)63-50-56(68-53-69-65-38-20-23-43-72(65)82(61-36-17-6-18-37-61)77(69)76-67-40-21-24-45-74(67)83-78(68)76)51-64(52-63)81(60-34-15-5-16-35-60)73-44-25-42-71-75(73)66-39-19-22-41-70(66)79(71,57-28-9-2-10-29-57)58-30-11-3-12-31-58/h1-53H/i5D,15D,16D,34D,35D. The Balaban J connectivity index is 1.06. The van der Waals surface area contributed by atoms with Gasteiger partial charge in [-0.2, -0.15) is 0 Å². The summed E-state index contributed by atoms with van der Waals surface area (Å²) < 4.78 is 57.5. The topological polar surface area (TPSA) is 24.6 Å². The SMILES string of the molecule is [2H]c1c([2H])c([2H])c(N(c2cc(-c3cc4c5ccccc5n(-c5ccccc5)c4c4c3oc3ccccc34)cc(N(c3ccccc3)c3ccc(-c4ccccc4)cc3)c2)c2cccc3c2-c2ccccc2C3(c2ccccc2)c2ccccc2)c([2H])c1[2H]. The van der Waals surface area contributed by atoms with Crippen LogP contribution in [0.5, 0.6) is 0 Å². The monoisotopic (exact) mass is 1060 g/mol. The van der Waals surface area contributed by atoms with Crippen LogP contribution in [0.1, 0.15) is 29.1 Å². The first-order valence-electron chi connectivity index (χ1n) is 30.6. The van der Waals surface area contributed by atoms with E-state index in [0.717, 1.165) is 117 Å². The number of anilines is 6. The first kappa shape index (κ1) is 42.9. The van der Waals surface area contributed by atoms with Crippen molar-refractivity contribution in [2.24, 2.45) is 0 Å². The fourth-order valence-corrected chi connectivity index (χ4v) is 13.3. The molecule has 0 aliphatic heterocycles. The van der Waals surface area contributed by atoms with Crippen molar-refractivity contribution in [1.29, 1.82) is 0 Å². The Bertz CT molecular complexity index is 5140. The van der Waals surface area contributed by atoms with E-state index in [-0.39, 0.29) is 17.8 Å². The van der Waals surface area contributed by atoms with Crippen LogP contribution in [0.2, 0.25) is 0 Å². The number of benzene rings is 13. The summed E-state index contributed by atoms with van der Waals surface area (Å²) >= 11 is 0. The van der Waals surface area contributed by atoms with Gasteiger partial charge in [-0.3, -0.25) is 0 Å². The summed E-state index contributed by atoms with van der Waals surface area (Å²) in [5.74, 6) is 0. The molecule has 0 saturated heterocycles. The maximum atomic E-state index is 10.0. The van der Waals surface area contributed by atoms with Crippen LogP contribution < -0.4 is 9.80 Å². The Hall–Kier alpha value is -10.9. The van der Waals surface area contributed by atoms with Gasteiger partial charge in [0.1, 0.15) is 11.2 Å². The molecule has 13 aromatic carbocycles. The van der Waals surface area contributed by atoms with Crippen molar-refractivity contribution in [2.75, 3.05) is 9.80 Å². The molecule has 0 N–H and O–H groups in total. The molecule has 4 heteroatoms. The largest absolute Gasteiger partial charge is 0.455 e. The first-order valence-corrected chi connectivity index (χ1v) is 28.1. The second-order valence-electron chi connectivity index (χ2n) is 21.2. The molecule has 0 saturated carbocycles. The predicted molar refractivity (Wildman–Crippen MR) is 346 cm³/mol. The molecule has 1 aliphatic carbocycles. The molecule has 4 nitrogen and oxygen atoms in total. The molecule has 16 rings (SSSR count). The minimum absolute atomic E-state index is 0.00523. The zero-order chi connectivity index (χ0) is 59.2. The van der Waals surface area contributed by atoms with Crippen molar-refractivity contribution in [1.82, 2.24) is 4.57 Å². The summed E-state index contributed by atoms with van der Waals surface area (Å²) in [6, 6.07) is 99.0.